The molecule has 21 heavy (non-hydrogen) atoms. The van der Waals surface area contributed by atoms with Crippen LogP contribution in [0.2, 0.25) is 4.34 Å². The lowest BCUT2D eigenvalue weighted by Crippen LogP contribution is -2.31. The molecule has 1 heterocycles. The van der Waals surface area contributed by atoms with Crippen LogP contribution < -0.4 is 9.64 Å². The highest BCUT2D eigenvalue weighted by atomic mass is 35.5. The van der Waals surface area contributed by atoms with Crippen molar-refractivity contribution < 1.29 is 4.74 Å². The first-order valence-corrected chi connectivity index (χ1v) is 8.06. The summed E-state index contributed by atoms with van der Waals surface area (Å²) in [6, 6.07) is 12.3. The van der Waals surface area contributed by atoms with Crippen molar-refractivity contribution in [2.24, 2.45) is 0 Å². The highest BCUT2D eigenvalue weighted by Crippen LogP contribution is 2.26. The Morgan fingerprint density at radius 3 is 2.29 bits per heavy atom. The number of anilines is 1. The average Bonchev–Trinajstić information content (AvgIpc) is 2.89. The van der Waals surface area contributed by atoms with Crippen molar-refractivity contribution in [3.63, 3.8) is 0 Å². The molecule has 0 bridgehead atoms. The maximum atomic E-state index is 6.03. The van der Waals surface area contributed by atoms with Crippen LogP contribution in [-0.4, -0.2) is 39.2 Å². The van der Waals surface area contributed by atoms with Crippen molar-refractivity contribution >= 4 is 28.6 Å². The molecular weight excluding hydrogens is 304 g/mol. The van der Waals surface area contributed by atoms with E-state index in [9.17, 15) is 0 Å². The van der Waals surface area contributed by atoms with Gasteiger partial charge in [-0.1, -0.05) is 11.6 Å². The molecule has 0 radical (unpaired) electrons. The largest absolute Gasteiger partial charge is 0.497 e. The third kappa shape index (κ3) is 4.92. The zero-order valence-corrected chi connectivity index (χ0v) is 14.2. The molecule has 5 heteroatoms. The molecule has 0 aliphatic heterocycles. The number of ether oxygens (including phenoxy) is 1. The van der Waals surface area contributed by atoms with E-state index >= 15 is 0 Å². The number of rotatable bonds is 7. The number of hydrogen-bond donors (Lipinski definition) is 0. The van der Waals surface area contributed by atoms with E-state index in [0.717, 1.165) is 29.7 Å². The van der Waals surface area contributed by atoms with E-state index in [1.54, 1.807) is 18.4 Å². The number of benzene rings is 1. The second kappa shape index (κ2) is 7.69. The van der Waals surface area contributed by atoms with Crippen LogP contribution in [0, 0.1) is 0 Å². The van der Waals surface area contributed by atoms with E-state index < -0.39 is 0 Å². The Kier molecular flexibility index (Phi) is 5.91. The van der Waals surface area contributed by atoms with E-state index in [-0.39, 0.29) is 0 Å². The van der Waals surface area contributed by atoms with Crippen molar-refractivity contribution in [2.45, 2.75) is 6.54 Å². The maximum Gasteiger partial charge on any atom is 0.119 e. The minimum atomic E-state index is 0.840. The molecule has 0 spiro atoms. The van der Waals surface area contributed by atoms with Gasteiger partial charge in [0, 0.05) is 23.7 Å². The number of thiophene rings is 1. The number of halogens is 1. The second-order valence-corrected chi connectivity index (χ2v) is 6.93. The van der Waals surface area contributed by atoms with Gasteiger partial charge in [-0.2, -0.15) is 0 Å². The van der Waals surface area contributed by atoms with Crippen LogP contribution in [0.1, 0.15) is 4.88 Å². The Morgan fingerprint density at radius 2 is 1.76 bits per heavy atom. The van der Waals surface area contributed by atoms with Crippen molar-refractivity contribution in [3.8, 4) is 5.75 Å². The van der Waals surface area contributed by atoms with Crippen molar-refractivity contribution in [3.05, 3.63) is 45.6 Å². The van der Waals surface area contributed by atoms with Gasteiger partial charge in [0.15, 0.2) is 0 Å². The predicted octanol–water partition coefficient (Wildman–Crippen LogP) is 3.98. The fourth-order valence-electron chi connectivity index (χ4n) is 2.04. The monoisotopic (exact) mass is 324 g/mol. The molecule has 0 aliphatic carbocycles. The first-order chi connectivity index (χ1) is 10.1. The molecule has 0 N–H and O–H groups in total. The zero-order valence-electron chi connectivity index (χ0n) is 12.7. The molecule has 0 atom stereocenters. The van der Waals surface area contributed by atoms with Crippen LogP contribution in [0.5, 0.6) is 5.75 Å². The highest BCUT2D eigenvalue weighted by molar-refractivity contribution is 7.16. The van der Waals surface area contributed by atoms with Crippen LogP contribution in [-0.2, 0) is 6.54 Å². The molecule has 0 amide bonds. The molecule has 2 rings (SSSR count). The molecule has 0 aliphatic rings. The van der Waals surface area contributed by atoms with Gasteiger partial charge in [0.1, 0.15) is 5.75 Å². The number of hydrogen-bond acceptors (Lipinski definition) is 4. The van der Waals surface area contributed by atoms with Gasteiger partial charge in [0.2, 0.25) is 0 Å². The number of methoxy groups -OCH3 is 1. The van der Waals surface area contributed by atoms with Crippen LogP contribution in [0.25, 0.3) is 0 Å². The number of nitrogens with zero attached hydrogens (tertiary/aromatic N) is 2. The lowest BCUT2D eigenvalue weighted by atomic mass is 10.2. The molecule has 0 saturated heterocycles. The fourth-order valence-corrected chi connectivity index (χ4v) is 3.14. The first-order valence-electron chi connectivity index (χ1n) is 6.86. The standard InChI is InChI=1S/C16H21ClN2OS/c1-18(2)10-11-19(12-15-8-9-16(17)21-15)13-4-6-14(20-3)7-5-13/h4-9H,10-12H2,1-3H3. The van der Waals surface area contributed by atoms with Gasteiger partial charge < -0.3 is 14.5 Å². The smallest absolute Gasteiger partial charge is 0.119 e. The van der Waals surface area contributed by atoms with Gasteiger partial charge in [0.05, 0.1) is 18.0 Å². The molecule has 1 aromatic heterocycles. The van der Waals surface area contributed by atoms with Gasteiger partial charge in [-0.15, -0.1) is 11.3 Å². The lowest BCUT2D eigenvalue weighted by Gasteiger charge is -2.26. The summed E-state index contributed by atoms with van der Waals surface area (Å²) in [6.45, 7) is 2.84. The summed E-state index contributed by atoms with van der Waals surface area (Å²) in [6.07, 6.45) is 0. The van der Waals surface area contributed by atoms with Crippen molar-refractivity contribution in [2.75, 3.05) is 39.2 Å². The maximum absolute atomic E-state index is 6.03. The summed E-state index contributed by atoms with van der Waals surface area (Å²) in [5, 5.41) is 0. The summed E-state index contributed by atoms with van der Waals surface area (Å²) in [5.41, 5.74) is 1.20. The minimum absolute atomic E-state index is 0.840. The van der Waals surface area contributed by atoms with E-state index in [4.69, 9.17) is 16.3 Å². The van der Waals surface area contributed by atoms with E-state index in [0.29, 0.717) is 0 Å². The van der Waals surface area contributed by atoms with Gasteiger partial charge in [0.25, 0.3) is 0 Å². The fraction of sp³-hybridized carbons (Fsp3) is 0.375. The SMILES string of the molecule is COc1ccc(N(CCN(C)C)Cc2ccc(Cl)s2)cc1. The molecule has 2 aromatic rings. The molecular formula is C16H21ClN2OS. The normalized spacial score (nSPS) is 10.9. The Bertz CT molecular complexity index is 554. The van der Waals surface area contributed by atoms with Crippen molar-refractivity contribution in [1.82, 2.24) is 4.90 Å². The summed E-state index contributed by atoms with van der Waals surface area (Å²) in [5.74, 6) is 0.880. The molecule has 0 unspecified atom stereocenters. The highest BCUT2D eigenvalue weighted by Gasteiger charge is 2.10. The third-order valence-corrected chi connectivity index (χ3v) is 4.45. The summed E-state index contributed by atoms with van der Waals surface area (Å²) < 4.78 is 6.07. The second-order valence-electron chi connectivity index (χ2n) is 5.13. The van der Waals surface area contributed by atoms with E-state index in [2.05, 4.69) is 42.1 Å². The number of likely N-dealkylation sites (N-methyl/N-ethyl adjacent to an activating group) is 1. The van der Waals surface area contributed by atoms with Gasteiger partial charge in [-0.05, 0) is 50.5 Å². The van der Waals surface area contributed by atoms with Gasteiger partial charge >= 0.3 is 0 Å². The molecule has 114 valence electrons. The topological polar surface area (TPSA) is 15.7 Å². The van der Waals surface area contributed by atoms with Gasteiger partial charge in [-0.3, -0.25) is 0 Å². The van der Waals surface area contributed by atoms with Crippen LogP contribution in [0.4, 0.5) is 5.69 Å². The molecule has 1 aromatic carbocycles. The molecule has 0 fully saturated rings. The lowest BCUT2D eigenvalue weighted by molar-refractivity contribution is 0.411. The Labute approximate surface area is 135 Å². The minimum Gasteiger partial charge on any atom is -0.497 e. The molecule has 3 nitrogen and oxygen atoms in total. The predicted molar refractivity (Wildman–Crippen MR) is 91.9 cm³/mol. The van der Waals surface area contributed by atoms with Crippen LogP contribution in [0.3, 0.4) is 0 Å². The Hall–Kier alpha value is -1.23. The zero-order chi connectivity index (χ0) is 15.2. The Morgan fingerprint density at radius 1 is 1.05 bits per heavy atom. The Balaban J connectivity index is 2.13. The summed E-state index contributed by atoms with van der Waals surface area (Å²) >= 11 is 7.67. The van der Waals surface area contributed by atoms with Crippen LogP contribution >= 0.6 is 22.9 Å². The van der Waals surface area contributed by atoms with E-state index in [1.165, 1.54) is 10.6 Å². The third-order valence-electron chi connectivity index (χ3n) is 3.23. The summed E-state index contributed by atoms with van der Waals surface area (Å²) in [7, 11) is 5.87. The molecule has 0 saturated carbocycles. The quantitative estimate of drug-likeness (QED) is 0.766. The average molecular weight is 325 g/mol. The summed E-state index contributed by atoms with van der Waals surface area (Å²) in [4.78, 5) is 5.83. The van der Waals surface area contributed by atoms with Crippen LogP contribution in [0.15, 0.2) is 36.4 Å². The van der Waals surface area contributed by atoms with Gasteiger partial charge in [-0.25, -0.2) is 0 Å². The van der Waals surface area contributed by atoms with Crippen molar-refractivity contribution in [1.29, 1.82) is 0 Å². The first kappa shape index (κ1) is 16.1. The van der Waals surface area contributed by atoms with E-state index in [1.807, 2.05) is 18.2 Å².